The summed E-state index contributed by atoms with van der Waals surface area (Å²) in [4.78, 5) is 38.1. The average Bonchev–Trinajstić information content (AvgIpc) is 3.07. The monoisotopic (exact) mass is 728 g/mol. The van der Waals surface area contributed by atoms with E-state index in [9.17, 15) is 40.7 Å². The van der Waals surface area contributed by atoms with Crippen molar-refractivity contribution < 1.29 is 54.9 Å². The van der Waals surface area contributed by atoms with Gasteiger partial charge in [0.1, 0.15) is 11.5 Å². The van der Waals surface area contributed by atoms with E-state index in [0.29, 0.717) is 29.5 Å². The summed E-state index contributed by atoms with van der Waals surface area (Å²) in [6, 6.07) is 14.7. The molecule has 0 spiro atoms. The second-order valence-electron chi connectivity index (χ2n) is 10.4. The number of hydrogen-bond acceptors (Lipinski definition) is 6. The van der Waals surface area contributed by atoms with Gasteiger partial charge in [-0.3, -0.25) is 14.4 Å². The molecular formula is C37H46F6N2O6. The molecule has 0 fully saturated rings. The number of rotatable bonds is 14. The van der Waals surface area contributed by atoms with E-state index < -0.39 is 53.8 Å². The summed E-state index contributed by atoms with van der Waals surface area (Å²) in [7, 11) is 0. The fourth-order valence-electron chi connectivity index (χ4n) is 4.96. The smallest absolute Gasteiger partial charge is 0.466 e. The van der Waals surface area contributed by atoms with E-state index in [-0.39, 0.29) is 30.8 Å². The van der Waals surface area contributed by atoms with Crippen LogP contribution in [0.15, 0.2) is 66.7 Å². The van der Waals surface area contributed by atoms with Gasteiger partial charge in [0.2, 0.25) is 5.91 Å². The Morgan fingerprint density at radius 2 is 1.27 bits per heavy atom. The molecule has 14 heteroatoms. The van der Waals surface area contributed by atoms with Gasteiger partial charge in [-0.2, -0.15) is 0 Å². The highest BCUT2D eigenvalue weighted by Gasteiger charge is 2.34. The minimum atomic E-state index is -4.92. The fraction of sp³-hybridized carbons (Fsp3) is 0.432. The Bertz CT molecular complexity index is 1510. The van der Waals surface area contributed by atoms with Crippen molar-refractivity contribution in [2.45, 2.75) is 92.3 Å². The molecule has 3 rings (SSSR count). The van der Waals surface area contributed by atoms with Crippen molar-refractivity contribution in [2.24, 2.45) is 0 Å². The van der Waals surface area contributed by atoms with Crippen molar-refractivity contribution in [2.75, 3.05) is 18.5 Å². The summed E-state index contributed by atoms with van der Waals surface area (Å²) < 4.78 is 89.2. The molecule has 0 bridgehead atoms. The number of ether oxygens (including phenoxy) is 3. The highest BCUT2D eigenvalue weighted by molar-refractivity contribution is 5.97. The maximum absolute atomic E-state index is 13.9. The number of nitrogens with one attached hydrogen (secondary N) is 2. The maximum atomic E-state index is 13.9. The van der Waals surface area contributed by atoms with Gasteiger partial charge in [0.25, 0.3) is 5.91 Å². The van der Waals surface area contributed by atoms with Gasteiger partial charge in [-0.1, -0.05) is 65.3 Å². The molecule has 0 saturated carbocycles. The molecule has 0 aliphatic carbocycles. The summed E-state index contributed by atoms with van der Waals surface area (Å²) in [5, 5.41) is 5.37. The van der Waals surface area contributed by atoms with E-state index >= 15 is 0 Å². The number of hydrogen-bond donors (Lipinski definition) is 2. The quantitative estimate of drug-likeness (QED) is 0.127. The topological polar surface area (TPSA) is 103 Å². The Morgan fingerprint density at radius 3 is 1.78 bits per heavy atom. The maximum Gasteiger partial charge on any atom is 0.573 e. The van der Waals surface area contributed by atoms with Crippen LogP contribution >= 0.6 is 0 Å². The predicted octanol–water partition coefficient (Wildman–Crippen LogP) is 9.83. The predicted molar refractivity (Wildman–Crippen MR) is 183 cm³/mol. The molecule has 0 radical (unpaired) electrons. The first kappa shape index (κ1) is 44.3. The van der Waals surface area contributed by atoms with Crippen molar-refractivity contribution in [3.63, 3.8) is 0 Å². The van der Waals surface area contributed by atoms with Gasteiger partial charge >= 0.3 is 18.7 Å². The van der Waals surface area contributed by atoms with Gasteiger partial charge in [-0.05, 0) is 85.3 Å². The summed E-state index contributed by atoms with van der Waals surface area (Å²) in [6.45, 7) is 13.3. The fourth-order valence-corrected chi connectivity index (χ4v) is 4.96. The molecule has 0 aromatic heterocycles. The SMILES string of the molecule is CC.CC.CCCC(c1ccc(C(=O)NCCC(=O)OCC)cc1)C(C(=O)Nc1ccc(OC(F)(F)F)cc1C)c1ccc(OC(F)(F)F)cc1. The van der Waals surface area contributed by atoms with Crippen LogP contribution in [0.2, 0.25) is 0 Å². The molecule has 3 aromatic carbocycles. The van der Waals surface area contributed by atoms with Crippen molar-refractivity contribution in [3.8, 4) is 11.5 Å². The number of carbonyl (C=O) groups excluding carboxylic acids is 3. The molecule has 51 heavy (non-hydrogen) atoms. The number of esters is 1. The first-order valence-electron chi connectivity index (χ1n) is 16.7. The lowest BCUT2D eigenvalue weighted by atomic mass is 9.78. The van der Waals surface area contributed by atoms with E-state index in [1.807, 2.05) is 34.6 Å². The first-order valence-corrected chi connectivity index (χ1v) is 16.7. The molecule has 2 N–H and O–H groups in total. The first-order chi connectivity index (χ1) is 24.1. The van der Waals surface area contributed by atoms with Crippen molar-refractivity contribution in [3.05, 3.63) is 89.0 Å². The molecule has 3 aromatic rings. The normalized spacial score (nSPS) is 12.1. The lowest BCUT2D eigenvalue weighted by Crippen LogP contribution is -2.28. The Kier molecular flexibility index (Phi) is 18.6. The van der Waals surface area contributed by atoms with Gasteiger partial charge in [0, 0.05) is 17.8 Å². The molecule has 0 heterocycles. The van der Waals surface area contributed by atoms with Gasteiger partial charge in [0.05, 0.1) is 18.9 Å². The third-order valence-corrected chi connectivity index (χ3v) is 6.97. The van der Waals surface area contributed by atoms with Crippen LogP contribution in [0.25, 0.3) is 0 Å². The molecule has 2 unspecified atom stereocenters. The van der Waals surface area contributed by atoms with Gasteiger partial charge in [-0.15, -0.1) is 26.3 Å². The second kappa shape index (κ2) is 21.5. The average molecular weight is 729 g/mol. The van der Waals surface area contributed by atoms with Gasteiger partial charge < -0.3 is 24.8 Å². The Morgan fingerprint density at radius 1 is 0.745 bits per heavy atom. The molecule has 2 amide bonds. The number of halogens is 6. The van der Waals surface area contributed by atoms with Crippen LogP contribution in [-0.2, 0) is 14.3 Å². The number of amides is 2. The number of anilines is 1. The van der Waals surface area contributed by atoms with Gasteiger partial charge in [-0.25, -0.2) is 0 Å². The van der Waals surface area contributed by atoms with Crippen LogP contribution in [-0.4, -0.2) is 43.7 Å². The lowest BCUT2D eigenvalue weighted by Gasteiger charge is -2.28. The number of carbonyl (C=O) groups is 3. The highest BCUT2D eigenvalue weighted by atomic mass is 19.4. The van der Waals surface area contributed by atoms with Crippen molar-refractivity contribution in [1.29, 1.82) is 0 Å². The number of alkyl halides is 6. The molecule has 8 nitrogen and oxygen atoms in total. The van der Waals surface area contributed by atoms with Crippen LogP contribution in [0.1, 0.15) is 99.7 Å². The minimum absolute atomic E-state index is 0.00260. The van der Waals surface area contributed by atoms with E-state index in [2.05, 4.69) is 20.1 Å². The van der Waals surface area contributed by atoms with E-state index in [0.717, 1.165) is 24.3 Å². The van der Waals surface area contributed by atoms with Crippen LogP contribution < -0.4 is 20.1 Å². The second-order valence-corrected chi connectivity index (χ2v) is 10.4. The third kappa shape index (κ3) is 15.4. The van der Waals surface area contributed by atoms with Crippen LogP contribution in [0.3, 0.4) is 0 Å². The molecular weight excluding hydrogens is 682 g/mol. The summed E-state index contributed by atoms with van der Waals surface area (Å²) in [5.74, 6) is -3.93. The van der Waals surface area contributed by atoms with Crippen LogP contribution in [0.5, 0.6) is 11.5 Å². The summed E-state index contributed by atoms with van der Waals surface area (Å²) >= 11 is 0. The summed E-state index contributed by atoms with van der Waals surface area (Å²) in [5.41, 5.74) is 1.77. The molecule has 0 aliphatic heterocycles. The standard InChI is InChI=1S/C33H34F6N2O6.2C2H6/c1-4-6-26(21-7-9-23(10-8-21)30(43)40-18-17-28(42)45-5-2)29(22-11-13-24(14-12-22)46-32(34,35)36)31(44)41-27-16-15-25(19-20(27)3)47-33(37,38)39;2*1-2/h7-16,19,26,29H,4-6,17-18H2,1-3H3,(H,40,43)(H,41,44);2*1-2H3. The summed E-state index contributed by atoms with van der Waals surface area (Å²) in [6.07, 6.45) is -8.78. The molecule has 2 atom stereocenters. The zero-order valence-corrected chi connectivity index (χ0v) is 29.8. The van der Waals surface area contributed by atoms with Crippen molar-refractivity contribution >= 4 is 23.5 Å². The largest absolute Gasteiger partial charge is 0.573 e. The van der Waals surface area contributed by atoms with Crippen LogP contribution in [0, 0.1) is 6.92 Å². The van der Waals surface area contributed by atoms with E-state index in [1.54, 1.807) is 31.2 Å². The zero-order valence-electron chi connectivity index (χ0n) is 29.8. The third-order valence-electron chi connectivity index (χ3n) is 6.97. The van der Waals surface area contributed by atoms with Crippen LogP contribution in [0.4, 0.5) is 32.0 Å². The number of aryl methyl sites for hydroxylation is 1. The molecule has 0 saturated heterocycles. The van der Waals surface area contributed by atoms with E-state index in [4.69, 9.17) is 4.74 Å². The van der Waals surface area contributed by atoms with Crippen molar-refractivity contribution in [1.82, 2.24) is 5.32 Å². The molecule has 282 valence electrons. The minimum Gasteiger partial charge on any atom is -0.466 e. The van der Waals surface area contributed by atoms with Gasteiger partial charge in [0.15, 0.2) is 0 Å². The molecule has 0 aliphatic rings. The lowest BCUT2D eigenvalue weighted by molar-refractivity contribution is -0.275. The zero-order chi connectivity index (χ0) is 38.8. The Hall–Kier alpha value is -4.75. The Balaban J connectivity index is 0.00000313. The number of benzene rings is 3. The Labute approximate surface area is 294 Å². The van der Waals surface area contributed by atoms with E-state index in [1.165, 1.54) is 25.1 Å². The highest BCUT2D eigenvalue weighted by Crippen LogP contribution is 2.39.